The SMILES string of the molecule is O=C(NC1C(=O)N2CCC(=O)[C@H]12)C(Cc1ccc2ccccc2c1)c1ccccc1. The second-order valence-corrected chi connectivity index (χ2v) is 8.03. The molecule has 0 bridgehead atoms. The number of benzene rings is 3. The number of nitrogens with zero attached hydrogens (tertiary/aromatic N) is 1. The minimum atomic E-state index is -0.727. The molecule has 30 heavy (non-hydrogen) atoms. The Balaban J connectivity index is 1.41. The summed E-state index contributed by atoms with van der Waals surface area (Å²) in [6, 6.07) is 22.7. The molecule has 3 aromatic rings. The summed E-state index contributed by atoms with van der Waals surface area (Å²) >= 11 is 0. The summed E-state index contributed by atoms with van der Waals surface area (Å²) in [5, 5.41) is 5.16. The number of amides is 2. The summed E-state index contributed by atoms with van der Waals surface area (Å²) in [6.07, 6.45) is 0.895. The van der Waals surface area contributed by atoms with E-state index in [-0.39, 0.29) is 17.6 Å². The van der Waals surface area contributed by atoms with Crippen molar-refractivity contribution < 1.29 is 14.4 Å². The van der Waals surface area contributed by atoms with Crippen LogP contribution in [-0.2, 0) is 20.8 Å². The van der Waals surface area contributed by atoms with Gasteiger partial charge in [-0.3, -0.25) is 14.4 Å². The third kappa shape index (κ3) is 3.16. The highest BCUT2D eigenvalue weighted by Gasteiger charge is 2.55. The van der Waals surface area contributed by atoms with Gasteiger partial charge >= 0.3 is 0 Å². The van der Waals surface area contributed by atoms with Crippen LogP contribution in [-0.4, -0.2) is 41.1 Å². The largest absolute Gasteiger partial charge is 0.342 e. The first-order valence-electron chi connectivity index (χ1n) is 10.3. The molecular weight excluding hydrogens is 376 g/mol. The van der Waals surface area contributed by atoms with E-state index in [9.17, 15) is 14.4 Å². The van der Waals surface area contributed by atoms with Gasteiger partial charge in [0.1, 0.15) is 12.1 Å². The second-order valence-electron chi connectivity index (χ2n) is 8.03. The molecule has 5 heteroatoms. The Morgan fingerprint density at radius 3 is 2.50 bits per heavy atom. The number of carbonyl (C=O) groups is 3. The lowest BCUT2D eigenvalue weighted by molar-refractivity contribution is -0.153. The van der Waals surface area contributed by atoms with Crippen LogP contribution in [0.5, 0.6) is 0 Å². The number of ketones is 1. The predicted octanol–water partition coefficient (Wildman–Crippen LogP) is 2.83. The highest BCUT2D eigenvalue weighted by Crippen LogP contribution is 2.30. The quantitative estimate of drug-likeness (QED) is 0.672. The maximum Gasteiger partial charge on any atom is 0.248 e. The number of rotatable bonds is 5. The second kappa shape index (κ2) is 7.41. The first-order chi connectivity index (χ1) is 14.6. The van der Waals surface area contributed by atoms with Gasteiger partial charge in [-0.2, -0.15) is 0 Å². The van der Waals surface area contributed by atoms with Crippen LogP contribution >= 0.6 is 0 Å². The Morgan fingerprint density at radius 1 is 0.967 bits per heavy atom. The summed E-state index contributed by atoms with van der Waals surface area (Å²) in [5.74, 6) is -0.778. The van der Waals surface area contributed by atoms with Crippen molar-refractivity contribution in [2.24, 2.45) is 0 Å². The molecule has 2 unspecified atom stereocenters. The van der Waals surface area contributed by atoms with Gasteiger partial charge in [-0.05, 0) is 28.3 Å². The van der Waals surface area contributed by atoms with Gasteiger partial charge in [0.15, 0.2) is 5.78 Å². The zero-order valence-electron chi connectivity index (χ0n) is 16.5. The summed E-state index contributed by atoms with van der Waals surface area (Å²) in [4.78, 5) is 39.3. The maximum atomic E-state index is 13.3. The Kier molecular flexibility index (Phi) is 4.58. The van der Waals surface area contributed by atoms with Crippen LogP contribution in [0.15, 0.2) is 72.8 Å². The van der Waals surface area contributed by atoms with Crippen molar-refractivity contribution in [2.75, 3.05) is 6.54 Å². The fraction of sp³-hybridized carbons (Fsp3) is 0.240. The molecule has 2 amide bonds. The highest BCUT2D eigenvalue weighted by atomic mass is 16.2. The Bertz CT molecular complexity index is 1140. The number of hydrogen-bond acceptors (Lipinski definition) is 3. The average Bonchev–Trinajstić information content (AvgIpc) is 3.13. The number of hydrogen-bond donors (Lipinski definition) is 1. The zero-order chi connectivity index (χ0) is 20.7. The number of nitrogens with one attached hydrogen (secondary N) is 1. The molecular formula is C25H22N2O3. The summed E-state index contributed by atoms with van der Waals surface area (Å²) in [5.41, 5.74) is 1.95. The molecule has 2 heterocycles. The smallest absolute Gasteiger partial charge is 0.248 e. The van der Waals surface area contributed by atoms with Gasteiger partial charge in [0.2, 0.25) is 11.8 Å². The minimum absolute atomic E-state index is 0.0330. The molecule has 0 aliphatic carbocycles. The van der Waals surface area contributed by atoms with Gasteiger partial charge < -0.3 is 10.2 Å². The summed E-state index contributed by atoms with van der Waals surface area (Å²) in [6.45, 7) is 0.466. The molecule has 0 spiro atoms. The van der Waals surface area contributed by atoms with E-state index >= 15 is 0 Å². The maximum absolute atomic E-state index is 13.3. The minimum Gasteiger partial charge on any atom is -0.342 e. The van der Waals surface area contributed by atoms with Crippen LogP contribution in [0.2, 0.25) is 0 Å². The van der Waals surface area contributed by atoms with Crippen LogP contribution in [0, 0.1) is 0 Å². The van der Waals surface area contributed by atoms with Gasteiger partial charge in [0, 0.05) is 13.0 Å². The first-order valence-corrected chi connectivity index (χ1v) is 10.3. The molecule has 3 atom stereocenters. The molecule has 0 saturated carbocycles. The average molecular weight is 398 g/mol. The van der Waals surface area contributed by atoms with Gasteiger partial charge in [-0.1, -0.05) is 72.8 Å². The normalized spacial score (nSPS) is 21.3. The van der Waals surface area contributed by atoms with E-state index in [4.69, 9.17) is 0 Å². The lowest BCUT2D eigenvalue weighted by Gasteiger charge is -2.41. The molecule has 2 aliphatic heterocycles. The van der Waals surface area contributed by atoms with Crippen molar-refractivity contribution in [1.82, 2.24) is 10.2 Å². The van der Waals surface area contributed by atoms with Crippen molar-refractivity contribution in [3.8, 4) is 0 Å². The summed E-state index contributed by atoms with van der Waals surface area (Å²) < 4.78 is 0. The number of carbonyl (C=O) groups excluding carboxylic acids is 3. The first kappa shape index (κ1) is 18.6. The van der Waals surface area contributed by atoms with Crippen LogP contribution in [0.3, 0.4) is 0 Å². The van der Waals surface area contributed by atoms with Crippen molar-refractivity contribution in [2.45, 2.75) is 30.8 Å². The molecule has 0 radical (unpaired) electrons. The molecule has 3 aromatic carbocycles. The van der Waals surface area contributed by atoms with E-state index in [1.54, 1.807) is 4.90 Å². The lowest BCUT2D eigenvalue weighted by atomic mass is 9.88. The summed E-state index contributed by atoms with van der Waals surface area (Å²) in [7, 11) is 0. The van der Waals surface area contributed by atoms with Gasteiger partial charge in [-0.25, -0.2) is 0 Å². The van der Waals surface area contributed by atoms with E-state index in [2.05, 4.69) is 29.6 Å². The molecule has 2 aliphatic rings. The molecule has 0 aromatic heterocycles. The highest BCUT2D eigenvalue weighted by molar-refractivity contribution is 6.07. The third-order valence-corrected chi connectivity index (χ3v) is 6.20. The van der Waals surface area contributed by atoms with Crippen molar-refractivity contribution >= 4 is 28.4 Å². The van der Waals surface area contributed by atoms with E-state index in [1.807, 2.05) is 48.5 Å². The van der Waals surface area contributed by atoms with Crippen LogP contribution < -0.4 is 5.32 Å². The topological polar surface area (TPSA) is 66.5 Å². The number of fused-ring (bicyclic) bond motifs is 2. The van der Waals surface area contributed by atoms with E-state index in [1.165, 1.54) is 0 Å². The van der Waals surface area contributed by atoms with E-state index in [0.717, 1.165) is 21.9 Å². The molecule has 5 nitrogen and oxygen atoms in total. The van der Waals surface area contributed by atoms with E-state index in [0.29, 0.717) is 19.4 Å². The fourth-order valence-electron chi connectivity index (χ4n) is 4.58. The molecule has 2 saturated heterocycles. The molecule has 1 N–H and O–H groups in total. The Morgan fingerprint density at radius 2 is 1.70 bits per heavy atom. The predicted molar refractivity (Wildman–Crippen MR) is 114 cm³/mol. The molecule has 5 rings (SSSR count). The van der Waals surface area contributed by atoms with Crippen molar-refractivity contribution in [3.05, 3.63) is 83.9 Å². The third-order valence-electron chi connectivity index (χ3n) is 6.20. The van der Waals surface area contributed by atoms with Crippen molar-refractivity contribution in [3.63, 3.8) is 0 Å². The standard InChI is InChI=1S/C25H22N2O3/c28-21-12-13-27-23(21)22(25(27)30)26-24(29)20(18-7-2-1-3-8-18)15-16-10-11-17-6-4-5-9-19(17)14-16/h1-11,14,20,22-23H,12-13,15H2,(H,26,29)/t20?,22?,23-/m1/s1. The van der Waals surface area contributed by atoms with Crippen LogP contribution in [0.25, 0.3) is 10.8 Å². The van der Waals surface area contributed by atoms with Crippen LogP contribution in [0.1, 0.15) is 23.5 Å². The number of β-lactam (4-membered cyclic amide) rings is 1. The monoisotopic (exact) mass is 398 g/mol. The zero-order valence-corrected chi connectivity index (χ0v) is 16.5. The Labute approximate surface area is 174 Å². The fourth-order valence-corrected chi connectivity index (χ4v) is 4.58. The van der Waals surface area contributed by atoms with Crippen molar-refractivity contribution in [1.29, 1.82) is 0 Å². The van der Waals surface area contributed by atoms with Gasteiger partial charge in [0.05, 0.1) is 5.92 Å². The van der Waals surface area contributed by atoms with Crippen LogP contribution in [0.4, 0.5) is 0 Å². The Hall–Kier alpha value is -3.47. The molecule has 150 valence electrons. The lowest BCUT2D eigenvalue weighted by Crippen LogP contribution is -2.70. The van der Waals surface area contributed by atoms with E-state index < -0.39 is 18.0 Å². The molecule has 2 fully saturated rings. The van der Waals surface area contributed by atoms with Gasteiger partial charge in [-0.15, -0.1) is 0 Å². The number of Topliss-reactive ketones (excluding diaryl/α,β-unsaturated/α-hetero) is 1. The van der Waals surface area contributed by atoms with Gasteiger partial charge in [0.25, 0.3) is 0 Å².